The number of benzene rings is 1. The zero-order valence-electron chi connectivity index (χ0n) is 5.82. The predicted octanol–water partition coefficient (Wildman–Crippen LogP) is 0.773. The number of para-hydroxylation sites is 2. The third-order valence-corrected chi connectivity index (χ3v) is 1.22. The lowest BCUT2D eigenvalue weighted by Gasteiger charge is -1.78. The maximum absolute atomic E-state index is 8.00. The van der Waals surface area contributed by atoms with Crippen LogP contribution < -0.4 is 0 Å². The van der Waals surface area contributed by atoms with E-state index in [1.54, 1.807) is 0 Å². The average molecular weight is 149 g/mol. The smallest absolute Gasteiger partial charge is 0.112 e. The standard InChI is InChI=1S/C6H5N3.CH2O/c1-2-4-6-5(3-1)7-9-8-6;1-2/h1-4H,(H,7,8,9);1H2. The summed E-state index contributed by atoms with van der Waals surface area (Å²) in [6.45, 7) is 2.00. The summed E-state index contributed by atoms with van der Waals surface area (Å²) in [6, 6.07) is 7.70. The molecule has 1 aromatic carbocycles. The molecule has 1 aromatic heterocycles. The van der Waals surface area contributed by atoms with E-state index in [1.807, 2.05) is 31.1 Å². The average Bonchev–Trinajstić information content (AvgIpc) is 2.55. The predicted molar refractivity (Wildman–Crippen MR) is 41.0 cm³/mol. The van der Waals surface area contributed by atoms with Crippen LogP contribution in [0.15, 0.2) is 24.3 Å². The molecule has 4 nitrogen and oxygen atoms in total. The molecular weight excluding hydrogens is 142 g/mol. The maximum Gasteiger partial charge on any atom is 0.112 e. The van der Waals surface area contributed by atoms with Gasteiger partial charge in [0.2, 0.25) is 0 Å². The van der Waals surface area contributed by atoms with Gasteiger partial charge in [0.15, 0.2) is 0 Å². The van der Waals surface area contributed by atoms with E-state index in [-0.39, 0.29) is 0 Å². The number of carbonyl (C=O) groups excluding carboxylic acids is 1. The summed E-state index contributed by atoms with van der Waals surface area (Å²) >= 11 is 0. The Bertz CT molecular complexity index is 301. The molecule has 4 heteroatoms. The van der Waals surface area contributed by atoms with Crippen LogP contribution in [-0.2, 0) is 4.79 Å². The van der Waals surface area contributed by atoms with Gasteiger partial charge < -0.3 is 4.79 Å². The fraction of sp³-hybridized carbons (Fsp3) is 0. The fourth-order valence-corrected chi connectivity index (χ4v) is 0.786. The molecule has 11 heavy (non-hydrogen) atoms. The van der Waals surface area contributed by atoms with E-state index in [0.717, 1.165) is 11.0 Å². The molecule has 0 amide bonds. The van der Waals surface area contributed by atoms with Crippen LogP contribution in [0.2, 0.25) is 0 Å². The Labute approximate surface area is 63.2 Å². The lowest BCUT2D eigenvalue weighted by atomic mass is 10.3. The quantitative estimate of drug-likeness (QED) is 0.602. The van der Waals surface area contributed by atoms with Gasteiger partial charge in [0.1, 0.15) is 17.8 Å². The molecule has 0 aliphatic carbocycles. The minimum Gasteiger partial charge on any atom is -0.307 e. The molecule has 0 spiro atoms. The first-order valence-corrected chi connectivity index (χ1v) is 3.01. The highest BCUT2D eigenvalue weighted by atomic mass is 16.1. The summed E-state index contributed by atoms with van der Waals surface area (Å²) in [5.41, 5.74) is 1.83. The molecule has 0 atom stereocenters. The number of fused-ring (bicyclic) bond motifs is 1. The third-order valence-electron chi connectivity index (χ3n) is 1.22. The molecule has 2 aromatic rings. The Balaban J connectivity index is 0.000000281. The monoisotopic (exact) mass is 149 g/mol. The van der Waals surface area contributed by atoms with Gasteiger partial charge in [-0.05, 0) is 12.1 Å². The molecule has 2 rings (SSSR count). The Morgan fingerprint density at radius 1 is 1.09 bits per heavy atom. The Hall–Kier alpha value is -1.71. The van der Waals surface area contributed by atoms with Gasteiger partial charge in [-0.1, -0.05) is 12.1 Å². The minimum atomic E-state index is 0.914. The van der Waals surface area contributed by atoms with Crippen molar-refractivity contribution in [3.63, 3.8) is 0 Å². The van der Waals surface area contributed by atoms with E-state index in [2.05, 4.69) is 15.4 Å². The number of hydrogen-bond donors (Lipinski definition) is 1. The Kier molecular flexibility index (Phi) is 2.32. The molecule has 0 aliphatic rings. The number of nitrogens with zero attached hydrogens (tertiary/aromatic N) is 2. The van der Waals surface area contributed by atoms with Crippen LogP contribution in [0, 0.1) is 0 Å². The molecule has 56 valence electrons. The zero-order chi connectivity index (χ0) is 8.10. The van der Waals surface area contributed by atoms with Crippen LogP contribution in [0.4, 0.5) is 0 Å². The largest absolute Gasteiger partial charge is 0.307 e. The van der Waals surface area contributed by atoms with Crippen LogP contribution in [-0.4, -0.2) is 22.2 Å². The molecule has 0 unspecified atom stereocenters. The molecule has 1 N–H and O–H groups in total. The van der Waals surface area contributed by atoms with Crippen LogP contribution in [0.5, 0.6) is 0 Å². The lowest BCUT2D eigenvalue weighted by Crippen LogP contribution is -1.63. The summed E-state index contributed by atoms with van der Waals surface area (Å²) in [5.74, 6) is 0. The van der Waals surface area contributed by atoms with E-state index in [4.69, 9.17) is 4.79 Å². The summed E-state index contributed by atoms with van der Waals surface area (Å²) in [4.78, 5) is 8.00. The topological polar surface area (TPSA) is 58.6 Å². The molecule has 0 saturated heterocycles. The summed E-state index contributed by atoms with van der Waals surface area (Å²) in [6.07, 6.45) is 0. The highest BCUT2D eigenvalue weighted by molar-refractivity contribution is 5.72. The van der Waals surface area contributed by atoms with Crippen LogP contribution in [0.3, 0.4) is 0 Å². The van der Waals surface area contributed by atoms with E-state index in [9.17, 15) is 0 Å². The number of hydrogen-bond acceptors (Lipinski definition) is 3. The molecule has 1 heterocycles. The van der Waals surface area contributed by atoms with E-state index < -0.39 is 0 Å². The van der Waals surface area contributed by atoms with Crippen LogP contribution in [0.25, 0.3) is 11.0 Å². The van der Waals surface area contributed by atoms with Crippen molar-refractivity contribution in [2.45, 2.75) is 0 Å². The Morgan fingerprint density at radius 3 is 2.00 bits per heavy atom. The van der Waals surface area contributed by atoms with Gasteiger partial charge in [-0.3, -0.25) is 0 Å². The highest BCUT2D eigenvalue weighted by Gasteiger charge is 1.90. The first-order valence-electron chi connectivity index (χ1n) is 3.01. The van der Waals surface area contributed by atoms with Crippen molar-refractivity contribution < 1.29 is 4.79 Å². The number of carbonyl (C=O) groups is 1. The van der Waals surface area contributed by atoms with Crippen molar-refractivity contribution in [3.8, 4) is 0 Å². The number of nitrogens with one attached hydrogen (secondary N) is 1. The normalized spacial score (nSPS) is 8.73. The summed E-state index contributed by atoms with van der Waals surface area (Å²) in [5, 5.41) is 10.3. The van der Waals surface area contributed by atoms with Gasteiger partial charge >= 0.3 is 0 Å². The number of H-pyrrole nitrogens is 1. The number of aromatic nitrogens is 3. The minimum absolute atomic E-state index is 0.914. The van der Waals surface area contributed by atoms with E-state index >= 15 is 0 Å². The van der Waals surface area contributed by atoms with Crippen molar-refractivity contribution in [1.29, 1.82) is 0 Å². The van der Waals surface area contributed by atoms with Crippen molar-refractivity contribution in [3.05, 3.63) is 24.3 Å². The summed E-state index contributed by atoms with van der Waals surface area (Å²) in [7, 11) is 0. The third kappa shape index (κ3) is 1.40. The second-order valence-corrected chi connectivity index (χ2v) is 1.81. The first-order chi connectivity index (χ1) is 5.47. The first kappa shape index (κ1) is 7.40. The van der Waals surface area contributed by atoms with Crippen LogP contribution >= 0.6 is 0 Å². The van der Waals surface area contributed by atoms with E-state index in [0.29, 0.717) is 0 Å². The van der Waals surface area contributed by atoms with Gasteiger partial charge in [0, 0.05) is 0 Å². The van der Waals surface area contributed by atoms with Crippen LogP contribution in [0.1, 0.15) is 0 Å². The molecule has 0 saturated carbocycles. The second-order valence-electron chi connectivity index (χ2n) is 1.81. The van der Waals surface area contributed by atoms with Gasteiger partial charge in [-0.2, -0.15) is 15.4 Å². The highest BCUT2D eigenvalue weighted by Crippen LogP contribution is 2.03. The van der Waals surface area contributed by atoms with Crippen molar-refractivity contribution >= 4 is 17.8 Å². The van der Waals surface area contributed by atoms with Crippen molar-refractivity contribution in [1.82, 2.24) is 15.4 Å². The molecule has 0 aliphatic heterocycles. The number of rotatable bonds is 0. The molecule has 0 bridgehead atoms. The molecule has 0 radical (unpaired) electrons. The second kappa shape index (κ2) is 3.46. The fourth-order valence-electron chi connectivity index (χ4n) is 0.786. The van der Waals surface area contributed by atoms with Gasteiger partial charge in [0.05, 0.1) is 0 Å². The van der Waals surface area contributed by atoms with E-state index in [1.165, 1.54) is 0 Å². The van der Waals surface area contributed by atoms with Crippen molar-refractivity contribution in [2.24, 2.45) is 0 Å². The van der Waals surface area contributed by atoms with Crippen molar-refractivity contribution in [2.75, 3.05) is 0 Å². The lowest BCUT2D eigenvalue weighted by molar-refractivity contribution is -0.0979. The summed E-state index contributed by atoms with van der Waals surface area (Å²) < 4.78 is 0. The van der Waals surface area contributed by atoms with Gasteiger partial charge in [-0.15, -0.1) is 0 Å². The molecular formula is C7H7N3O. The van der Waals surface area contributed by atoms with Gasteiger partial charge in [-0.25, -0.2) is 0 Å². The van der Waals surface area contributed by atoms with Gasteiger partial charge in [0.25, 0.3) is 0 Å². The maximum atomic E-state index is 8.00. The zero-order valence-corrected chi connectivity index (χ0v) is 5.82. The Morgan fingerprint density at radius 2 is 1.55 bits per heavy atom. The number of aromatic amines is 1. The SMILES string of the molecule is C=O.c1ccc2n[nH]nc2c1. The molecule has 0 fully saturated rings.